The van der Waals surface area contributed by atoms with Crippen molar-refractivity contribution in [1.29, 1.82) is 5.26 Å². The van der Waals surface area contributed by atoms with Gasteiger partial charge in [-0.1, -0.05) is 6.07 Å². The number of aromatic nitrogens is 5. The molecule has 0 aliphatic carbocycles. The highest BCUT2D eigenvalue weighted by atomic mass is 32.1. The molecule has 0 saturated carbocycles. The summed E-state index contributed by atoms with van der Waals surface area (Å²) >= 11 is 1.71. The number of hydrogen-bond acceptors (Lipinski definition) is 5. The number of nitrogens with one attached hydrogen (secondary N) is 1. The van der Waals surface area contributed by atoms with Gasteiger partial charge < -0.3 is 0 Å². The number of pyridine rings is 1. The highest BCUT2D eigenvalue weighted by Crippen LogP contribution is 2.30. The summed E-state index contributed by atoms with van der Waals surface area (Å²) in [4.78, 5) is 9.27. The van der Waals surface area contributed by atoms with Gasteiger partial charge in [0.05, 0.1) is 39.4 Å². The van der Waals surface area contributed by atoms with E-state index in [-0.39, 0.29) is 0 Å². The van der Waals surface area contributed by atoms with E-state index in [0.717, 1.165) is 61.8 Å². The minimum absolute atomic E-state index is 0.571. The average Bonchev–Trinajstić information content (AvgIpc) is 3.44. The van der Waals surface area contributed by atoms with Crippen LogP contribution in [0.3, 0.4) is 0 Å². The molecule has 0 saturated heterocycles. The summed E-state index contributed by atoms with van der Waals surface area (Å²) < 4.78 is 3.28. The summed E-state index contributed by atoms with van der Waals surface area (Å²) in [5, 5.41) is 16.9. The first-order chi connectivity index (χ1) is 14.2. The van der Waals surface area contributed by atoms with Gasteiger partial charge in [-0.05, 0) is 37.6 Å². The van der Waals surface area contributed by atoms with Crippen molar-refractivity contribution in [1.82, 2.24) is 24.6 Å². The smallest absolute Gasteiger partial charge is 0.137 e. The molecule has 29 heavy (non-hydrogen) atoms. The molecule has 0 radical (unpaired) electrons. The van der Waals surface area contributed by atoms with Crippen molar-refractivity contribution in [2.75, 3.05) is 0 Å². The molecule has 7 heteroatoms. The Kier molecular flexibility index (Phi) is 4.34. The van der Waals surface area contributed by atoms with Crippen LogP contribution in [-0.2, 0) is 6.42 Å². The molecule has 0 amide bonds. The SMILES string of the molecule is Cc1[nH]ncc1-c1ccc2ncc(-c3ccc4nc(CCCC#N)sc4c3)n2c1. The molecule has 5 aromatic rings. The number of thiazole rings is 1. The lowest BCUT2D eigenvalue weighted by molar-refractivity contribution is 0.845. The Hall–Kier alpha value is -3.50. The van der Waals surface area contributed by atoms with Gasteiger partial charge in [0.2, 0.25) is 0 Å². The average molecular weight is 398 g/mol. The van der Waals surface area contributed by atoms with E-state index in [1.165, 1.54) is 0 Å². The highest BCUT2D eigenvalue weighted by molar-refractivity contribution is 7.18. The number of fused-ring (bicyclic) bond motifs is 2. The van der Waals surface area contributed by atoms with E-state index in [4.69, 9.17) is 10.2 Å². The van der Waals surface area contributed by atoms with Gasteiger partial charge in [0.25, 0.3) is 0 Å². The summed E-state index contributed by atoms with van der Waals surface area (Å²) in [6, 6.07) is 12.6. The number of hydrogen-bond donors (Lipinski definition) is 1. The third-order valence-electron chi connectivity index (χ3n) is 5.05. The Labute approximate surface area is 171 Å². The fourth-order valence-corrected chi connectivity index (χ4v) is 4.60. The molecule has 142 valence electrons. The minimum Gasteiger partial charge on any atom is -0.299 e. The molecule has 0 aliphatic heterocycles. The van der Waals surface area contributed by atoms with Crippen LogP contribution in [0.5, 0.6) is 0 Å². The Balaban J connectivity index is 1.55. The zero-order valence-corrected chi connectivity index (χ0v) is 16.7. The first kappa shape index (κ1) is 17.6. The fraction of sp³-hybridized carbons (Fsp3) is 0.182. The summed E-state index contributed by atoms with van der Waals surface area (Å²) in [5.41, 5.74) is 7.30. The van der Waals surface area contributed by atoms with Crippen LogP contribution in [0.1, 0.15) is 23.5 Å². The Bertz CT molecular complexity index is 1370. The van der Waals surface area contributed by atoms with E-state index in [0.29, 0.717) is 6.42 Å². The summed E-state index contributed by atoms with van der Waals surface area (Å²) in [6.07, 6.45) is 8.15. The third-order valence-corrected chi connectivity index (χ3v) is 6.13. The number of unbranched alkanes of at least 4 members (excludes halogenated alkanes) is 1. The van der Waals surface area contributed by atoms with E-state index in [2.05, 4.69) is 56.1 Å². The number of aryl methyl sites for hydroxylation is 2. The maximum atomic E-state index is 8.73. The first-order valence-corrected chi connectivity index (χ1v) is 10.3. The second-order valence-electron chi connectivity index (χ2n) is 7.00. The molecule has 0 aliphatic rings. The van der Waals surface area contributed by atoms with E-state index in [1.807, 2.05) is 25.4 Å². The van der Waals surface area contributed by atoms with E-state index < -0.39 is 0 Å². The zero-order chi connectivity index (χ0) is 19.8. The van der Waals surface area contributed by atoms with Crippen molar-refractivity contribution in [3.05, 3.63) is 59.6 Å². The van der Waals surface area contributed by atoms with Crippen LogP contribution in [0.2, 0.25) is 0 Å². The van der Waals surface area contributed by atoms with E-state index >= 15 is 0 Å². The number of rotatable bonds is 5. The number of nitrogens with zero attached hydrogens (tertiary/aromatic N) is 5. The molecule has 1 N–H and O–H groups in total. The van der Waals surface area contributed by atoms with Crippen LogP contribution in [0.25, 0.3) is 38.2 Å². The van der Waals surface area contributed by atoms with Gasteiger partial charge in [-0.3, -0.25) is 9.50 Å². The van der Waals surface area contributed by atoms with Crippen molar-refractivity contribution in [3.63, 3.8) is 0 Å². The lowest BCUT2D eigenvalue weighted by atomic mass is 10.1. The summed E-state index contributed by atoms with van der Waals surface area (Å²) in [5.74, 6) is 0. The Morgan fingerprint density at radius 1 is 1.17 bits per heavy atom. The van der Waals surface area contributed by atoms with E-state index in [1.54, 1.807) is 11.3 Å². The van der Waals surface area contributed by atoms with Gasteiger partial charge in [0.15, 0.2) is 0 Å². The fourth-order valence-electron chi connectivity index (χ4n) is 3.55. The van der Waals surface area contributed by atoms with Gasteiger partial charge in [-0.25, -0.2) is 9.97 Å². The molecule has 0 bridgehead atoms. The molecule has 4 heterocycles. The molecule has 4 aromatic heterocycles. The molecular weight excluding hydrogens is 380 g/mol. The minimum atomic E-state index is 0.571. The van der Waals surface area contributed by atoms with Crippen LogP contribution < -0.4 is 0 Å². The van der Waals surface area contributed by atoms with Crippen molar-refractivity contribution < 1.29 is 0 Å². The molecule has 0 fully saturated rings. The van der Waals surface area contributed by atoms with Crippen LogP contribution >= 0.6 is 11.3 Å². The summed E-state index contributed by atoms with van der Waals surface area (Å²) in [6.45, 7) is 2.02. The lowest BCUT2D eigenvalue weighted by Gasteiger charge is -2.05. The quantitative estimate of drug-likeness (QED) is 0.415. The number of imidazole rings is 1. The molecule has 0 unspecified atom stereocenters. The maximum Gasteiger partial charge on any atom is 0.137 e. The van der Waals surface area contributed by atoms with Gasteiger partial charge in [0.1, 0.15) is 5.65 Å². The normalized spacial score (nSPS) is 11.3. The van der Waals surface area contributed by atoms with Crippen LogP contribution in [0.4, 0.5) is 0 Å². The van der Waals surface area contributed by atoms with Gasteiger partial charge >= 0.3 is 0 Å². The molecular formula is C22H18N6S. The van der Waals surface area contributed by atoms with Crippen molar-refractivity contribution in [2.45, 2.75) is 26.2 Å². The van der Waals surface area contributed by atoms with Gasteiger partial charge in [-0.2, -0.15) is 10.4 Å². The zero-order valence-electron chi connectivity index (χ0n) is 15.9. The van der Waals surface area contributed by atoms with Crippen molar-refractivity contribution >= 4 is 27.2 Å². The first-order valence-electron chi connectivity index (χ1n) is 9.47. The van der Waals surface area contributed by atoms with Crippen molar-refractivity contribution in [3.8, 4) is 28.5 Å². The van der Waals surface area contributed by atoms with Gasteiger partial charge in [0, 0.05) is 41.4 Å². The molecule has 0 spiro atoms. The van der Waals surface area contributed by atoms with Crippen LogP contribution in [0.15, 0.2) is 48.9 Å². The second kappa shape index (κ2) is 7.15. The number of benzene rings is 1. The Morgan fingerprint density at radius 2 is 2.07 bits per heavy atom. The predicted octanol–water partition coefficient (Wildman–Crippen LogP) is 5.16. The topological polar surface area (TPSA) is 82.7 Å². The second-order valence-corrected chi connectivity index (χ2v) is 8.12. The third kappa shape index (κ3) is 3.18. The molecule has 1 aromatic carbocycles. The summed E-state index contributed by atoms with van der Waals surface area (Å²) in [7, 11) is 0. The maximum absolute atomic E-state index is 8.73. The number of H-pyrrole nitrogens is 1. The molecule has 0 atom stereocenters. The molecule has 5 rings (SSSR count). The number of aromatic amines is 1. The highest BCUT2D eigenvalue weighted by Gasteiger charge is 2.11. The standard InChI is InChI=1S/C22H18N6S/c1-14-17(11-25-27-14)16-6-8-21-24-12-19(28(21)13-16)15-5-7-18-20(10-15)29-22(26-18)4-2-3-9-23/h5-8,10-13H,2-4H2,1H3,(H,25,27). The lowest BCUT2D eigenvalue weighted by Crippen LogP contribution is -1.90. The van der Waals surface area contributed by atoms with E-state index in [9.17, 15) is 0 Å². The van der Waals surface area contributed by atoms with Crippen molar-refractivity contribution in [2.24, 2.45) is 0 Å². The predicted molar refractivity (Wildman–Crippen MR) is 115 cm³/mol. The Morgan fingerprint density at radius 3 is 2.90 bits per heavy atom. The van der Waals surface area contributed by atoms with Crippen LogP contribution in [-0.4, -0.2) is 24.6 Å². The monoisotopic (exact) mass is 398 g/mol. The molecule has 6 nitrogen and oxygen atoms in total. The largest absolute Gasteiger partial charge is 0.299 e. The van der Waals surface area contributed by atoms with Crippen LogP contribution in [0, 0.1) is 18.3 Å². The number of nitriles is 1. The van der Waals surface area contributed by atoms with Gasteiger partial charge in [-0.15, -0.1) is 11.3 Å².